The van der Waals surface area contributed by atoms with Crippen LogP contribution in [0, 0.1) is 6.92 Å². The lowest BCUT2D eigenvalue weighted by Gasteiger charge is -2.40. The smallest absolute Gasteiger partial charge is 0.253 e. The van der Waals surface area contributed by atoms with E-state index in [2.05, 4.69) is 4.90 Å². The maximum atomic E-state index is 12.8. The van der Waals surface area contributed by atoms with Crippen LogP contribution in [0.3, 0.4) is 0 Å². The molecule has 0 aliphatic carbocycles. The van der Waals surface area contributed by atoms with Crippen molar-refractivity contribution in [3.63, 3.8) is 0 Å². The highest BCUT2D eigenvalue weighted by atomic mass is 16.3. The second-order valence-electron chi connectivity index (χ2n) is 7.41. The number of nitrogens with zero attached hydrogens (tertiary/aromatic N) is 3. The molecule has 0 aromatic heterocycles. The predicted octanol–water partition coefficient (Wildman–Crippen LogP) is 1.12. The van der Waals surface area contributed by atoms with Crippen LogP contribution in [-0.4, -0.2) is 83.0 Å². The van der Waals surface area contributed by atoms with Crippen molar-refractivity contribution in [3.8, 4) is 0 Å². The van der Waals surface area contributed by atoms with Gasteiger partial charge < -0.3 is 14.9 Å². The molecule has 142 valence electrons. The van der Waals surface area contributed by atoms with Gasteiger partial charge in [0.1, 0.15) is 0 Å². The number of piperazine rings is 1. The molecule has 26 heavy (non-hydrogen) atoms. The van der Waals surface area contributed by atoms with Crippen LogP contribution < -0.4 is 0 Å². The summed E-state index contributed by atoms with van der Waals surface area (Å²) in [5.74, 6) is 0.153. The third-order valence-electron chi connectivity index (χ3n) is 5.65. The first kappa shape index (κ1) is 18.9. The Kier molecular flexibility index (Phi) is 5.94. The zero-order valence-electron chi connectivity index (χ0n) is 15.7. The minimum atomic E-state index is -0.435. The Hall–Kier alpha value is -1.92. The molecule has 0 saturated carbocycles. The summed E-state index contributed by atoms with van der Waals surface area (Å²) in [7, 11) is 0. The molecule has 2 aliphatic heterocycles. The highest BCUT2D eigenvalue weighted by Crippen LogP contribution is 2.21. The van der Waals surface area contributed by atoms with E-state index in [4.69, 9.17) is 0 Å². The quantitative estimate of drug-likeness (QED) is 0.860. The van der Waals surface area contributed by atoms with E-state index in [1.54, 1.807) is 6.92 Å². The lowest BCUT2D eigenvalue weighted by Crippen LogP contribution is -2.54. The summed E-state index contributed by atoms with van der Waals surface area (Å²) in [4.78, 5) is 30.2. The summed E-state index contributed by atoms with van der Waals surface area (Å²) in [5, 5.41) is 10.6. The van der Waals surface area contributed by atoms with E-state index in [0.717, 1.165) is 25.1 Å². The predicted molar refractivity (Wildman–Crippen MR) is 99.9 cm³/mol. The van der Waals surface area contributed by atoms with Crippen molar-refractivity contribution in [3.05, 3.63) is 35.4 Å². The number of hydrogen-bond acceptors (Lipinski definition) is 4. The van der Waals surface area contributed by atoms with Gasteiger partial charge in [-0.15, -0.1) is 0 Å². The van der Waals surface area contributed by atoms with E-state index >= 15 is 0 Å². The van der Waals surface area contributed by atoms with Gasteiger partial charge in [-0.25, -0.2) is 0 Å². The first-order valence-corrected chi connectivity index (χ1v) is 9.49. The summed E-state index contributed by atoms with van der Waals surface area (Å²) in [5.41, 5.74) is 1.84. The second kappa shape index (κ2) is 8.18. The molecule has 2 amide bonds. The molecule has 2 atom stereocenters. The number of aryl methyl sites for hydroxylation is 1. The van der Waals surface area contributed by atoms with Gasteiger partial charge in [-0.2, -0.15) is 0 Å². The van der Waals surface area contributed by atoms with Crippen LogP contribution in [0.2, 0.25) is 0 Å². The van der Waals surface area contributed by atoms with Gasteiger partial charge in [-0.1, -0.05) is 17.7 Å². The minimum absolute atomic E-state index is 0.0410. The molecule has 2 heterocycles. The molecule has 1 aromatic rings. The number of carbonyl (C=O) groups excluding carboxylic acids is 2. The van der Waals surface area contributed by atoms with Crippen LogP contribution in [0.4, 0.5) is 0 Å². The standard InChI is InChI=1S/C20H29N3O3/c1-15-3-5-17(6-4-15)20(26)23-9-7-18(19(25)8-10-23)22-13-11-21(12-14-22)16(2)24/h3-6,18-19,25H,7-14H2,1-2H3/t18-,19-/m0/s1. The van der Waals surface area contributed by atoms with Gasteiger partial charge in [0.2, 0.25) is 5.91 Å². The molecular formula is C20H29N3O3. The summed E-state index contributed by atoms with van der Waals surface area (Å²) in [6, 6.07) is 7.71. The zero-order valence-corrected chi connectivity index (χ0v) is 15.7. The molecule has 6 heteroatoms. The lowest BCUT2D eigenvalue weighted by molar-refractivity contribution is -0.131. The fourth-order valence-corrected chi connectivity index (χ4v) is 3.95. The number of rotatable bonds is 2. The molecule has 0 bridgehead atoms. The Labute approximate surface area is 155 Å². The monoisotopic (exact) mass is 359 g/mol. The van der Waals surface area contributed by atoms with E-state index in [9.17, 15) is 14.7 Å². The van der Waals surface area contributed by atoms with Crippen LogP contribution in [0.25, 0.3) is 0 Å². The van der Waals surface area contributed by atoms with Gasteiger partial charge in [-0.3, -0.25) is 14.5 Å². The first-order valence-electron chi connectivity index (χ1n) is 9.49. The molecular weight excluding hydrogens is 330 g/mol. The highest BCUT2D eigenvalue weighted by molar-refractivity contribution is 5.94. The van der Waals surface area contributed by atoms with E-state index in [-0.39, 0.29) is 17.9 Å². The number of hydrogen-bond donors (Lipinski definition) is 1. The van der Waals surface area contributed by atoms with E-state index in [1.165, 1.54) is 0 Å². The number of benzene rings is 1. The van der Waals surface area contributed by atoms with Gasteiger partial charge in [-0.05, 0) is 31.9 Å². The molecule has 1 aromatic carbocycles. The molecule has 2 aliphatic rings. The molecule has 0 radical (unpaired) electrons. The highest BCUT2D eigenvalue weighted by Gasteiger charge is 2.33. The van der Waals surface area contributed by atoms with Crippen LogP contribution in [-0.2, 0) is 4.79 Å². The van der Waals surface area contributed by atoms with Crippen molar-refractivity contribution < 1.29 is 14.7 Å². The Bertz CT molecular complexity index is 638. The minimum Gasteiger partial charge on any atom is -0.391 e. The van der Waals surface area contributed by atoms with Gasteiger partial charge in [0.15, 0.2) is 0 Å². The number of amides is 2. The van der Waals surface area contributed by atoms with Crippen LogP contribution >= 0.6 is 0 Å². The van der Waals surface area contributed by atoms with Crippen molar-refractivity contribution in [1.29, 1.82) is 0 Å². The Morgan fingerprint density at radius 3 is 2.15 bits per heavy atom. The van der Waals surface area contributed by atoms with Crippen LogP contribution in [0.15, 0.2) is 24.3 Å². The van der Waals surface area contributed by atoms with Crippen molar-refractivity contribution in [2.75, 3.05) is 39.3 Å². The van der Waals surface area contributed by atoms with Crippen LogP contribution in [0.1, 0.15) is 35.7 Å². The van der Waals surface area contributed by atoms with E-state index in [1.807, 2.05) is 41.0 Å². The molecule has 0 spiro atoms. The molecule has 2 fully saturated rings. The maximum Gasteiger partial charge on any atom is 0.253 e. The van der Waals surface area contributed by atoms with Crippen molar-refractivity contribution in [2.45, 2.75) is 38.8 Å². The third-order valence-corrected chi connectivity index (χ3v) is 5.65. The molecule has 6 nitrogen and oxygen atoms in total. The van der Waals surface area contributed by atoms with Gasteiger partial charge in [0.05, 0.1) is 6.10 Å². The fraction of sp³-hybridized carbons (Fsp3) is 0.600. The van der Waals surface area contributed by atoms with Crippen molar-refractivity contribution in [2.24, 2.45) is 0 Å². The number of likely N-dealkylation sites (tertiary alicyclic amines) is 1. The topological polar surface area (TPSA) is 64.1 Å². The largest absolute Gasteiger partial charge is 0.391 e. The normalized spacial score (nSPS) is 25.0. The van der Waals surface area contributed by atoms with Gasteiger partial charge in [0, 0.05) is 57.8 Å². The molecule has 2 saturated heterocycles. The number of aliphatic hydroxyl groups is 1. The Morgan fingerprint density at radius 2 is 1.54 bits per heavy atom. The van der Waals surface area contributed by atoms with Crippen LogP contribution in [0.5, 0.6) is 0 Å². The SMILES string of the molecule is CC(=O)N1CCN([C@H]2CCN(C(=O)c3ccc(C)cc3)CC[C@@H]2O)CC1. The summed E-state index contributed by atoms with van der Waals surface area (Å²) >= 11 is 0. The van der Waals surface area contributed by atoms with Gasteiger partial charge >= 0.3 is 0 Å². The average Bonchev–Trinajstić information content (AvgIpc) is 2.83. The summed E-state index contributed by atoms with van der Waals surface area (Å²) < 4.78 is 0. The maximum absolute atomic E-state index is 12.8. The van der Waals surface area contributed by atoms with E-state index < -0.39 is 6.10 Å². The fourth-order valence-electron chi connectivity index (χ4n) is 3.95. The number of aliphatic hydroxyl groups excluding tert-OH is 1. The zero-order chi connectivity index (χ0) is 18.7. The van der Waals surface area contributed by atoms with Crippen molar-refractivity contribution >= 4 is 11.8 Å². The number of carbonyl (C=O) groups is 2. The van der Waals surface area contributed by atoms with Gasteiger partial charge in [0.25, 0.3) is 5.91 Å². The summed E-state index contributed by atoms with van der Waals surface area (Å²) in [6.45, 7) is 7.84. The second-order valence-corrected chi connectivity index (χ2v) is 7.41. The summed E-state index contributed by atoms with van der Waals surface area (Å²) in [6.07, 6.45) is 0.920. The molecule has 0 unspecified atom stereocenters. The van der Waals surface area contributed by atoms with E-state index in [0.29, 0.717) is 38.2 Å². The molecule has 3 rings (SSSR count). The Morgan fingerprint density at radius 1 is 0.923 bits per heavy atom. The Balaban J connectivity index is 1.60. The molecule has 1 N–H and O–H groups in total. The average molecular weight is 359 g/mol. The van der Waals surface area contributed by atoms with Crippen molar-refractivity contribution in [1.82, 2.24) is 14.7 Å². The lowest BCUT2D eigenvalue weighted by atomic mass is 10.0. The first-order chi connectivity index (χ1) is 12.5. The third kappa shape index (κ3) is 4.24.